The van der Waals surface area contributed by atoms with Crippen LogP contribution in [0.15, 0.2) is 0 Å². The summed E-state index contributed by atoms with van der Waals surface area (Å²) in [6.45, 7) is 6.92. The smallest absolute Gasteiger partial charge is 0.0414 e. The molecule has 2 saturated carbocycles. The highest BCUT2D eigenvalue weighted by molar-refractivity contribution is 4.72. The predicted octanol–water partition coefficient (Wildman–Crippen LogP) is 4.25. The van der Waals surface area contributed by atoms with Crippen LogP contribution < -0.4 is 0 Å². The first-order valence-corrected chi connectivity index (χ1v) is 5.74. The first-order chi connectivity index (χ1) is 5.74. The molecule has 0 aliphatic heterocycles. The summed E-state index contributed by atoms with van der Waals surface area (Å²) in [5.74, 6) is 3.21. The van der Waals surface area contributed by atoms with E-state index in [1.807, 2.05) is 0 Å². The summed E-state index contributed by atoms with van der Waals surface area (Å²) in [5.41, 5.74) is 0. The average molecular weight is 168 g/mol. The molecule has 0 bridgehead atoms. The molecule has 2 unspecified atom stereocenters. The fourth-order valence-electron chi connectivity index (χ4n) is 1.65. The second-order valence-corrected chi connectivity index (χ2v) is 4.76. The minimum absolute atomic E-state index is 1.03. The van der Waals surface area contributed by atoms with Crippen molar-refractivity contribution in [1.82, 2.24) is 0 Å². The lowest BCUT2D eigenvalue weighted by molar-refractivity contribution is 0.219. The number of hydrogen-bond acceptors (Lipinski definition) is 0. The van der Waals surface area contributed by atoms with E-state index in [2.05, 4.69) is 20.8 Å². The number of hydrogen-bond donors (Lipinski definition) is 0. The Morgan fingerprint density at radius 2 is 1.42 bits per heavy atom. The van der Waals surface area contributed by atoms with Crippen molar-refractivity contribution in [1.29, 1.82) is 0 Å². The van der Waals surface area contributed by atoms with Crippen LogP contribution in [0.5, 0.6) is 0 Å². The van der Waals surface area contributed by atoms with Crippen LogP contribution in [0, 0.1) is 17.8 Å². The largest absolute Gasteiger partial charge is 0.0654 e. The van der Waals surface area contributed by atoms with Gasteiger partial charge in [-0.1, -0.05) is 59.3 Å². The predicted molar refractivity (Wildman–Crippen MR) is 55.2 cm³/mol. The minimum Gasteiger partial charge on any atom is -0.0654 e. The molecular weight excluding hydrogens is 144 g/mol. The fourth-order valence-corrected chi connectivity index (χ4v) is 1.65. The van der Waals surface area contributed by atoms with Gasteiger partial charge in [0.05, 0.1) is 0 Å². The third-order valence-electron chi connectivity index (χ3n) is 3.44. The van der Waals surface area contributed by atoms with Crippen LogP contribution in [0.25, 0.3) is 0 Å². The monoisotopic (exact) mass is 168 g/mol. The lowest BCUT2D eigenvalue weighted by Gasteiger charge is -2.29. The summed E-state index contributed by atoms with van der Waals surface area (Å²) in [7, 11) is 0. The summed E-state index contributed by atoms with van der Waals surface area (Å²) >= 11 is 0. The lowest BCUT2D eigenvalue weighted by atomic mass is 9.77. The van der Waals surface area contributed by atoms with Gasteiger partial charge in [0.2, 0.25) is 0 Å². The van der Waals surface area contributed by atoms with Crippen molar-refractivity contribution in [2.75, 3.05) is 0 Å². The Bertz CT molecular complexity index is 105. The van der Waals surface area contributed by atoms with E-state index in [-0.39, 0.29) is 0 Å². The van der Waals surface area contributed by atoms with Gasteiger partial charge in [0, 0.05) is 0 Å². The van der Waals surface area contributed by atoms with E-state index in [1.165, 1.54) is 38.5 Å². The van der Waals surface area contributed by atoms with Gasteiger partial charge in [0.15, 0.2) is 0 Å². The minimum atomic E-state index is 1.03. The van der Waals surface area contributed by atoms with Crippen LogP contribution in [0.2, 0.25) is 0 Å². The summed E-state index contributed by atoms with van der Waals surface area (Å²) in [6, 6.07) is 0. The third-order valence-corrected chi connectivity index (χ3v) is 3.44. The topological polar surface area (TPSA) is 0 Å². The van der Waals surface area contributed by atoms with E-state index in [0.717, 1.165) is 17.8 Å². The molecule has 0 radical (unpaired) electrons. The van der Waals surface area contributed by atoms with Crippen LogP contribution in [-0.2, 0) is 0 Å². The quantitative estimate of drug-likeness (QED) is 0.578. The van der Waals surface area contributed by atoms with Gasteiger partial charge in [-0.3, -0.25) is 0 Å². The van der Waals surface area contributed by atoms with Gasteiger partial charge >= 0.3 is 0 Å². The fraction of sp³-hybridized carbons (Fsp3) is 1.00. The van der Waals surface area contributed by atoms with E-state index < -0.39 is 0 Å². The van der Waals surface area contributed by atoms with Gasteiger partial charge in [-0.15, -0.1) is 0 Å². The Hall–Kier alpha value is 0. The van der Waals surface area contributed by atoms with Gasteiger partial charge in [0.25, 0.3) is 0 Å². The van der Waals surface area contributed by atoms with Crippen molar-refractivity contribution in [2.45, 2.75) is 59.3 Å². The molecule has 0 saturated heterocycles. The highest BCUT2D eigenvalue weighted by atomic mass is 14.3. The molecule has 2 atom stereocenters. The van der Waals surface area contributed by atoms with Crippen molar-refractivity contribution in [3.05, 3.63) is 0 Å². The molecular formula is C12H24. The second kappa shape index (κ2) is 4.89. The molecule has 0 aromatic heterocycles. The van der Waals surface area contributed by atoms with Gasteiger partial charge < -0.3 is 0 Å². The molecule has 2 rings (SSSR count). The Morgan fingerprint density at radius 3 is 1.50 bits per heavy atom. The first kappa shape index (κ1) is 10.1. The molecule has 2 aliphatic carbocycles. The molecule has 0 heterocycles. The summed E-state index contributed by atoms with van der Waals surface area (Å²) in [5, 5.41) is 0. The van der Waals surface area contributed by atoms with E-state index in [0.29, 0.717) is 0 Å². The van der Waals surface area contributed by atoms with Crippen LogP contribution in [0.1, 0.15) is 59.3 Å². The van der Waals surface area contributed by atoms with E-state index in [4.69, 9.17) is 0 Å². The zero-order valence-corrected chi connectivity index (χ0v) is 8.97. The summed E-state index contributed by atoms with van der Waals surface area (Å²) in [6.07, 6.45) is 8.87. The van der Waals surface area contributed by atoms with E-state index in [1.54, 1.807) is 0 Å². The molecule has 72 valence electrons. The maximum absolute atomic E-state index is 2.33. The SMILES string of the molecule is CC1CCC1C.CCCC1CC1. The second-order valence-electron chi connectivity index (χ2n) is 4.76. The zero-order valence-electron chi connectivity index (χ0n) is 8.97. The molecule has 0 aromatic carbocycles. The normalized spacial score (nSPS) is 33.2. The van der Waals surface area contributed by atoms with Gasteiger partial charge in [-0.05, 0) is 17.8 Å². The molecule has 12 heavy (non-hydrogen) atoms. The highest BCUT2D eigenvalue weighted by Crippen LogP contribution is 2.33. The Balaban J connectivity index is 0.000000120. The van der Waals surface area contributed by atoms with Crippen molar-refractivity contribution >= 4 is 0 Å². The van der Waals surface area contributed by atoms with Crippen LogP contribution >= 0.6 is 0 Å². The third kappa shape index (κ3) is 3.60. The average Bonchev–Trinajstić information content (AvgIpc) is 2.87. The van der Waals surface area contributed by atoms with E-state index >= 15 is 0 Å². The molecule has 2 aliphatic rings. The molecule has 0 nitrogen and oxygen atoms in total. The van der Waals surface area contributed by atoms with Crippen LogP contribution in [0.3, 0.4) is 0 Å². The van der Waals surface area contributed by atoms with Crippen LogP contribution in [0.4, 0.5) is 0 Å². The van der Waals surface area contributed by atoms with E-state index in [9.17, 15) is 0 Å². The summed E-state index contributed by atoms with van der Waals surface area (Å²) < 4.78 is 0. The van der Waals surface area contributed by atoms with Crippen molar-refractivity contribution in [3.63, 3.8) is 0 Å². The Morgan fingerprint density at radius 1 is 0.917 bits per heavy atom. The molecule has 0 aromatic rings. The van der Waals surface area contributed by atoms with Gasteiger partial charge in [-0.25, -0.2) is 0 Å². The highest BCUT2D eigenvalue weighted by Gasteiger charge is 2.20. The first-order valence-electron chi connectivity index (χ1n) is 5.74. The Kier molecular flexibility index (Phi) is 4.11. The molecule has 0 amide bonds. The zero-order chi connectivity index (χ0) is 8.97. The maximum atomic E-state index is 2.33. The summed E-state index contributed by atoms with van der Waals surface area (Å²) in [4.78, 5) is 0. The van der Waals surface area contributed by atoms with Crippen molar-refractivity contribution in [3.8, 4) is 0 Å². The molecule has 0 spiro atoms. The van der Waals surface area contributed by atoms with Crippen LogP contribution in [-0.4, -0.2) is 0 Å². The lowest BCUT2D eigenvalue weighted by Crippen LogP contribution is -2.18. The van der Waals surface area contributed by atoms with Crippen molar-refractivity contribution < 1.29 is 0 Å². The van der Waals surface area contributed by atoms with Gasteiger partial charge in [-0.2, -0.15) is 0 Å². The van der Waals surface area contributed by atoms with Crippen molar-refractivity contribution in [2.24, 2.45) is 17.8 Å². The Labute approximate surface area is 77.7 Å². The van der Waals surface area contributed by atoms with Gasteiger partial charge in [0.1, 0.15) is 0 Å². The maximum Gasteiger partial charge on any atom is -0.0414 e. The molecule has 0 N–H and O–H groups in total. The molecule has 0 heteroatoms. The molecule has 2 fully saturated rings. The standard InChI is InChI=1S/2C6H12/c1-5-3-4-6(5)2;1-2-3-6-4-5-6/h5-6H,3-4H2,1-2H3;6H,2-5H2,1H3. The number of rotatable bonds is 2.